The first-order chi connectivity index (χ1) is 12.8. The van der Waals surface area contributed by atoms with E-state index >= 15 is 0 Å². The smallest absolute Gasteiger partial charge is 0.262 e. The fourth-order valence-corrected chi connectivity index (χ4v) is 2.14. The topological polar surface area (TPSA) is 93.5 Å². The Labute approximate surface area is 160 Å². The normalized spacial score (nSPS) is 10.3. The number of aryl methyl sites for hydroxylation is 1. The number of hydrogen-bond donors (Lipinski definition) is 2. The fraction of sp³-hybridized carbons (Fsp3) is 0.278. The van der Waals surface area contributed by atoms with Gasteiger partial charge in [-0.1, -0.05) is 18.2 Å². The van der Waals surface area contributed by atoms with Crippen LogP contribution in [-0.4, -0.2) is 23.4 Å². The van der Waals surface area contributed by atoms with Crippen molar-refractivity contribution in [1.29, 1.82) is 0 Å². The standard InChI is InChI=1S/C18H19ClFN3O4/c1-11(3-6-16(24)21-9-18-22-8-12(2)27-18)23-17(25)10-26-13-4-5-14(19)15(20)7-13/h4-5,7-8H,1,3,6,9-10H2,2H3,(H,21,24)(H,23,25). The Kier molecular flexibility index (Phi) is 7.36. The number of oxazole rings is 1. The summed E-state index contributed by atoms with van der Waals surface area (Å²) in [6.45, 7) is 5.32. The van der Waals surface area contributed by atoms with Crippen LogP contribution in [0.4, 0.5) is 4.39 Å². The predicted octanol–water partition coefficient (Wildman–Crippen LogP) is 2.88. The molecule has 1 aromatic heterocycles. The van der Waals surface area contributed by atoms with Gasteiger partial charge in [0, 0.05) is 18.2 Å². The number of carbonyl (C=O) groups excluding carboxylic acids is 2. The number of benzene rings is 1. The lowest BCUT2D eigenvalue weighted by Gasteiger charge is -2.10. The first kappa shape index (κ1) is 20.4. The van der Waals surface area contributed by atoms with E-state index in [1.54, 1.807) is 13.1 Å². The molecule has 0 unspecified atom stereocenters. The summed E-state index contributed by atoms with van der Waals surface area (Å²) in [5.74, 6) is -0.0634. The van der Waals surface area contributed by atoms with Gasteiger partial charge < -0.3 is 19.8 Å². The zero-order valence-electron chi connectivity index (χ0n) is 14.7. The van der Waals surface area contributed by atoms with Gasteiger partial charge in [0.05, 0.1) is 17.8 Å². The molecule has 9 heteroatoms. The number of rotatable bonds is 9. The minimum absolute atomic E-state index is 0.0311. The fourth-order valence-electron chi connectivity index (χ4n) is 2.02. The zero-order valence-corrected chi connectivity index (χ0v) is 15.4. The third kappa shape index (κ3) is 7.10. The second-order valence-electron chi connectivity index (χ2n) is 5.66. The molecule has 0 spiro atoms. The number of amides is 2. The van der Waals surface area contributed by atoms with Crippen LogP contribution in [-0.2, 0) is 16.1 Å². The number of hydrogen-bond acceptors (Lipinski definition) is 5. The first-order valence-electron chi connectivity index (χ1n) is 8.07. The van der Waals surface area contributed by atoms with Gasteiger partial charge in [-0.3, -0.25) is 9.59 Å². The van der Waals surface area contributed by atoms with Crippen LogP contribution in [0.25, 0.3) is 0 Å². The molecule has 2 amide bonds. The van der Waals surface area contributed by atoms with E-state index in [1.807, 2.05) is 0 Å². The van der Waals surface area contributed by atoms with E-state index in [0.717, 1.165) is 6.07 Å². The van der Waals surface area contributed by atoms with Gasteiger partial charge in [-0.05, 0) is 25.5 Å². The SMILES string of the molecule is C=C(CCC(=O)NCc1ncc(C)o1)NC(=O)COc1ccc(Cl)c(F)c1. The van der Waals surface area contributed by atoms with Gasteiger partial charge in [-0.15, -0.1) is 0 Å². The number of carbonyl (C=O) groups is 2. The zero-order chi connectivity index (χ0) is 19.8. The van der Waals surface area contributed by atoms with E-state index in [9.17, 15) is 14.0 Å². The Hall–Kier alpha value is -2.87. The predicted molar refractivity (Wildman–Crippen MR) is 96.5 cm³/mol. The number of nitrogens with zero attached hydrogens (tertiary/aromatic N) is 1. The van der Waals surface area contributed by atoms with E-state index in [-0.39, 0.29) is 42.7 Å². The highest BCUT2D eigenvalue weighted by Crippen LogP contribution is 2.20. The quantitative estimate of drug-likeness (QED) is 0.681. The van der Waals surface area contributed by atoms with Crippen molar-refractivity contribution < 1.29 is 23.1 Å². The molecule has 0 saturated heterocycles. The molecule has 0 bridgehead atoms. The van der Waals surface area contributed by atoms with E-state index in [4.69, 9.17) is 20.8 Å². The molecule has 27 heavy (non-hydrogen) atoms. The van der Waals surface area contributed by atoms with Crippen molar-refractivity contribution in [3.63, 3.8) is 0 Å². The third-order valence-corrected chi connectivity index (χ3v) is 3.64. The summed E-state index contributed by atoms with van der Waals surface area (Å²) in [6.07, 6.45) is 1.97. The molecule has 2 aromatic rings. The van der Waals surface area contributed by atoms with Crippen LogP contribution in [0.1, 0.15) is 24.5 Å². The van der Waals surface area contributed by atoms with Crippen molar-refractivity contribution >= 4 is 23.4 Å². The number of allylic oxidation sites excluding steroid dienone is 1. The van der Waals surface area contributed by atoms with Crippen LogP contribution in [0, 0.1) is 12.7 Å². The summed E-state index contributed by atoms with van der Waals surface area (Å²) in [5.41, 5.74) is 0.369. The first-order valence-corrected chi connectivity index (χ1v) is 8.45. The van der Waals surface area contributed by atoms with Gasteiger partial charge in [0.15, 0.2) is 6.61 Å². The van der Waals surface area contributed by atoms with Gasteiger partial charge in [0.2, 0.25) is 11.8 Å². The molecule has 0 aliphatic carbocycles. The summed E-state index contributed by atoms with van der Waals surface area (Å²) in [4.78, 5) is 27.6. The van der Waals surface area contributed by atoms with Crippen LogP contribution < -0.4 is 15.4 Å². The highest BCUT2D eigenvalue weighted by atomic mass is 35.5. The summed E-state index contributed by atoms with van der Waals surface area (Å²) >= 11 is 5.57. The Balaban J connectivity index is 1.64. The Morgan fingerprint density at radius 3 is 2.78 bits per heavy atom. The minimum Gasteiger partial charge on any atom is -0.484 e. The van der Waals surface area contributed by atoms with Gasteiger partial charge in [-0.2, -0.15) is 0 Å². The second kappa shape index (κ2) is 9.72. The number of nitrogens with one attached hydrogen (secondary N) is 2. The van der Waals surface area contributed by atoms with Crippen molar-refractivity contribution in [3.8, 4) is 5.75 Å². The van der Waals surface area contributed by atoms with E-state index in [0.29, 0.717) is 17.3 Å². The van der Waals surface area contributed by atoms with Crippen molar-refractivity contribution in [1.82, 2.24) is 15.6 Å². The van der Waals surface area contributed by atoms with Crippen molar-refractivity contribution in [2.45, 2.75) is 26.3 Å². The molecule has 0 fully saturated rings. The molecule has 0 atom stereocenters. The van der Waals surface area contributed by atoms with Gasteiger partial charge in [0.25, 0.3) is 5.91 Å². The largest absolute Gasteiger partial charge is 0.484 e. The maximum Gasteiger partial charge on any atom is 0.262 e. The van der Waals surface area contributed by atoms with E-state index < -0.39 is 11.7 Å². The van der Waals surface area contributed by atoms with Crippen molar-refractivity contribution in [2.24, 2.45) is 0 Å². The maximum absolute atomic E-state index is 13.3. The summed E-state index contributed by atoms with van der Waals surface area (Å²) < 4.78 is 23.7. The average molecular weight is 396 g/mol. The maximum atomic E-state index is 13.3. The summed E-state index contributed by atoms with van der Waals surface area (Å²) in [5, 5.41) is 5.15. The van der Waals surface area contributed by atoms with Gasteiger partial charge >= 0.3 is 0 Å². The van der Waals surface area contributed by atoms with Crippen LogP contribution >= 0.6 is 11.6 Å². The molecular weight excluding hydrogens is 377 g/mol. The Morgan fingerprint density at radius 1 is 1.33 bits per heavy atom. The number of aromatic nitrogens is 1. The van der Waals surface area contributed by atoms with Crippen LogP contribution in [0.5, 0.6) is 5.75 Å². The number of halogens is 2. The average Bonchev–Trinajstić information content (AvgIpc) is 3.04. The van der Waals surface area contributed by atoms with Crippen LogP contribution in [0.2, 0.25) is 5.02 Å². The van der Waals surface area contributed by atoms with Gasteiger partial charge in [-0.25, -0.2) is 9.37 Å². The lowest BCUT2D eigenvalue weighted by atomic mass is 10.2. The number of ether oxygens (including phenoxy) is 1. The van der Waals surface area contributed by atoms with Crippen molar-refractivity contribution in [3.05, 3.63) is 59.2 Å². The molecule has 7 nitrogen and oxygen atoms in total. The minimum atomic E-state index is -0.634. The lowest BCUT2D eigenvalue weighted by Crippen LogP contribution is -2.29. The molecule has 144 valence electrons. The molecule has 0 radical (unpaired) electrons. The monoisotopic (exact) mass is 395 g/mol. The summed E-state index contributed by atoms with van der Waals surface area (Å²) in [6, 6.07) is 3.87. The molecule has 1 heterocycles. The molecule has 2 N–H and O–H groups in total. The molecule has 2 rings (SSSR count). The molecule has 0 aliphatic rings. The molecular formula is C18H19ClFN3O4. The van der Waals surface area contributed by atoms with E-state index in [1.165, 1.54) is 12.1 Å². The highest BCUT2D eigenvalue weighted by Gasteiger charge is 2.09. The highest BCUT2D eigenvalue weighted by molar-refractivity contribution is 6.30. The summed E-state index contributed by atoms with van der Waals surface area (Å²) in [7, 11) is 0. The Morgan fingerprint density at radius 2 is 2.11 bits per heavy atom. The van der Waals surface area contributed by atoms with E-state index in [2.05, 4.69) is 22.2 Å². The van der Waals surface area contributed by atoms with Gasteiger partial charge in [0.1, 0.15) is 17.3 Å². The van der Waals surface area contributed by atoms with Crippen LogP contribution in [0.15, 0.2) is 41.1 Å². The van der Waals surface area contributed by atoms with Crippen molar-refractivity contribution in [2.75, 3.05) is 6.61 Å². The third-order valence-electron chi connectivity index (χ3n) is 3.34. The second-order valence-corrected chi connectivity index (χ2v) is 6.06. The Bertz CT molecular complexity index is 838. The molecule has 0 saturated carbocycles. The van der Waals surface area contributed by atoms with Crippen LogP contribution in [0.3, 0.4) is 0 Å². The molecule has 1 aromatic carbocycles. The lowest BCUT2D eigenvalue weighted by molar-refractivity contribution is -0.123. The molecule has 0 aliphatic heterocycles.